The lowest BCUT2D eigenvalue weighted by molar-refractivity contribution is 0.282. The van der Waals surface area contributed by atoms with Gasteiger partial charge in [-0.1, -0.05) is 12.1 Å². The van der Waals surface area contributed by atoms with Crippen LogP contribution in [0.3, 0.4) is 0 Å². The van der Waals surface area contributed by atoms with Crippen LogP contribution in [0.15, 0.2) is 73.1 Å². The van der Waals surface area contributed by atoms with Crippen LogP contribution in [-0.2, 0) is 6.61 Å². The minimum Gasteiger partial charge on any atom is -0.392 e. The fourth-order valence-corrected chi connectivity index (χ4v) is 2.94. The summed E-state index contributed by atoms with van der Waals surface area (Å²) in [5.74, 6) is -0.706. The molecule has 134 valence electrons. The van der Waals surface area contributed by atoms with E-state index in [9.17, 15) is 13.9 Å². The van der Waals surface area contributed by atoms with Gasteiger partial charge in [0.25, 0.3) is 0 Å². The number of hydrogen-bond donors (Lipinski definition) is 1. The van der Waals surface area contributed by atoms with Crippen molar-refractivity contribution in [1.29, 1.82) is 0 Å². The highest BCUT2D eigenvalue weighted by Crippen LogP contribution is 2.29. The maximum atomic E-state index is 14.3. The molecule has 0 saturated carbocycles. The lowest BCUT2D eigenvalue weighted by atomic mass is 10.1. The second-order valence-electron chi connectivity index (χ2n) is 5.98. The van der Waals surface area contributed by atoms with E-state index in [0.717, 1.165) is 5.56 Å². The minimum atomic E-state index is -0.398. The molecule has 4 nitrogen and oxygen atoms in total. The van der Waals surface area contributed by atoms with Gasteiger partial charge >= 0.3 is 0 Å². The third kappa shape index (κ3) is 3.22. The molecule has 0 unspecified atom stereocenters. The van der Waals surface area contributed by atoms with Crippen LogP contribution in [0.1, 0.15) is 5.56 Å². The van der Waals surface area contributed by atoms with Crippen molar-refractivity contribution in [2.75, 3.05) is 0 Å². The lowest BCUT2D eigenvalue weighted by Gasteiger charge is -2.11. The maximum Gasteiger partial charge on any atom is 0.132 e. The first kappa shape index (κ1) is 17.1. The van der Waals surface area contributed by atoms with E-state index in [1.165, 1.54) is 24.4 Å². The SMILES string of the molecule is OCc1cnn(-c2ccc(-c3ccc(F)cc3)nc2)c1-c1ccccc1F. The Balaban J connectivity index is 1.77. The monoisotopic (exact) mass is 363 g/mol. The minimum absolute atomic E-state index is 0.259. The van der Waals surface area contributed by atoms with Gasteiger partial charge in [-0.2, -0.15) is 5.10 Å². The Kier molecular flexibility index (Phi) is 4.48. The molecule has 6 heteroatoms. The van der Waals surface area contributed by atoms with Gasteiger partial charge in [0.2, 0.25) is 0 Å². The van der Waals surface area contributed by atoms with Crippen molar-refractivity contribution >= 4 is 0 Å². The molecule has 0 radical (unpaired) electrons. The summed E-state index contributed by atoms with van der Waals surface area (Å²) in [7, 11) is 0. The first-order valence-electron chi connectivity index (χ1n) is 8.32. The van der Waals surface area contributed by atoms with Crippen LogP contribution < -0.4 is 0 Å². The van der Waals surface area contributed by atoms with Gasteiger partial charge < -0.3 is 5.11 Å². The predicted octanol–water partition coefficient (Wildman–Crippen LogP) is 4.37. The molecule has 0 atom stereocenters. The Morgan fingerprint density at radius 3 is 2.33 bits per heavy atom. The zero-order valence-electron chi connectivity index (χ0n) is 14.2. The highest BCUT2D eigenvalue weighted by molar-refractivity contribution is 5.67. The summed E-state index contributed by atoms with van der Waals surface area (Å²) >= 11 is 0. The molecular formula is C21H15F2N3O. The normalized spacial score (nSPS) is 10.9. The molecule has 1 N–H and O–H groups in total. The predicted molar refractivity (Wildman–Crippen MR) is 98.1 cm³/mol. The Morgan fingerprint density at radius 2 is 1.67 bits per heavy atom. The van der Waals surface area contributed by atoms with Crippen molar-refractivity contribution in [3.63, 3.8) is 0 Å². The summed E-state index contributed by atoms with van der Waals surface area (Å²) < 4.78 is 28.9. The van der Waals surface area contributed by atoms with Crippen molar-refractivity contribution in [2.45, 2.75) is 6.61 Å². The smallest absolute Gasteiger partial charge is 0.132 e. The molecule has 2 heterocycles. The molecule has 0 aliphatic rings. The second-order valence-corrected chi connectivity index (χ2v) is 5.98. The van der Waals surface area contributed by atoms with Crippen LogP contribution in [0.5, 0.6) is 0 Å². The highest BCUT2D eigenvalue weighted by Gasteiger charge is 2.17. The number of aliphatic hydroxyl groups is 1. The average Bonchev–Trinajstić information content (AvgIpc) is 3.13. The fraction of sp³-hybridized carbons (Fsp3) is 0.0476. The molecule has 0 amide bonds. The Bertz CT molecular complexity index is 1070. The number of rotatable bonds is 4. The molecule has 4 rings (SSSR count). The number of hydrogen-bond acceptors (Lipinski definition) is 3. The van der Waals surface area contributed by atoms with Crippen molar-refractivity contribution in [3.05, 3.63) is 90.3 Å². The number of benzene rings is 2. The van der Waals surface area contributed by atoms with Gasteiger partial charge in [0.05, 0.1) is 36.1 Å². The van der Waals surface area contributed by atoms with Crippen LogP contribution in [-0.4, -0.2) is 19.9 Å². The summed E-state index contributed by atoms with van der Waals surface area (Å²) in [5.41, 5.74) is 3.43. The zero-order valence-corrected chi connectivity index (χ0v) is 14.2. The van der Waals surface area contributed by atoms with Gasteiger partial charge in [0, 0.05) is 16.7 Å². The molecular weight excluding hydrogens is 348 g/mol. The molecule has 2 aromatic carbocycles. The summed E-state index contributed by atoms with van der Waals surface area (Å²) in [6, 6.07) is 16.0. The van der Waals surface area contributed by atoms with Crippen LogP contribution in [0.4, 0.5) is 8.78 Å². The zero-order chi connectivity index (χ0) is 18.8. The summed E-state index contributed by atoms with van der Waals surface area (Å²) in [5, 5.41) is 13.9. The van der Waals surface area contributed by atoms with Gasteiger partial charge in [-0.25, -0.2) is 13.5 Å². The van der Waals surface area contributed by atoms with Gasteiger partial charge in [-0.3, -0.25) is 4.98 Å². The quantitative estimate of drug-likeness (QED) is 0.586. The molecule has 0 bridgehead atoms. The van der Waals surface area contributed by atoms with E-state index in [1.54, 1.807) is 53.3 Å². The molecule has 0 spiro atoms. The average molecular weight is 363 g/mol. The molecule has 0 aliphatic carbocycles. The summed E-state index contributed by atoms with van der Waals surface area (Å²) in [6.45, 7) is -0.259. The molecule has 0 saturated heterocycles. The van der Waals surface area contributed by atoms with Crippen molar-refractivity contribution in [2.24, 2.45) is 0 Å². The highest BCUT2D eigenvalue weighted by atomic mass is 19.1. The molecule has 4 aromatic rings. The topological polar surface area (TPSA) is 50.9 Å². The summed E-state index contributed by atoms with van der Waals surface area (Å²) in [4.78, 5) is 4.41. The van der Waals surface area contributed by atoms with E-state index in [4.69, 9.17) is 0 Å². The van der Waals surface area contributed by atoms with Gasteiger partial charge in [0.15, 0.2) is 0 Å². The Morgan fingerprint density at radius 1 is 0.889 bits per heavy atom. The van der Waals surface area contributed by atoms with E-state index < -0.39 is 5.82 Å². The Hall–Kier alpha value is -3.38. The first-order chi connectivity index (χ1) is 13.2. The number of aliphatic hydroxyl groups excluding tert-OH is 1. The molecule has 2 aromatic heterocycles. The van der Waals surface area contributed by atoms with E-state index >= 15 is 0 Å². The maximum absolute atomic E-state index is 14.3. The lowest BCUT2D eigenvalue weighted by Crippen LogP contribution is -2.02. The second kappa shape index (κ2) is 7.09. The van der Waals surface area contributed by atoms with Crippen molar-refractivity contribution in [3.8, 4) is 28.2 Å². The number of pyridine rings is 1. The van der Waals surface area contributed by atoms with Gasteiger partial charge in [-0.05, 0) is 48.5 Å². The van der Waals surface area contributed by atoms with Crippen molar-refractivity contribution in [1.82, 2.24) is 14.8 Å². The first-order valence-corrected chi connectivity index (χ1v) is 8.32. The van der Waals surface area contributed by atoms with Crippen molar-refractivity contribution < 1.29 is 13.9 Å². The van der Waals surface area contributed by atoms with E-state index in [2.05, 4.69) is 10.1 Å². The number of aromatic nitrogens is 3. The van der Waals surface area contributed by atoms with Gasteiger partial charge in [0.1, 0.15) is 11.6 Å². The van der Waals surface area contributed by atoms with E-state index in [0.29, 0.717) is 28.2 Å². The Labute approximate surface area is 154 Å². The number of nitrogens with zero attached hydrogens (tertiary/aromatic N) is 3. The van der Waals surface area contributed by atoms with E-state index in [1.807, 2.05) is 0 Å². The van der Waals surface area contributed by atoms with Gasteiger partial charge in [-0.15, -0.1) is 0 Å². The van der Waals surface area contributed by atoms with Crippen LogP contribution in [0, 0.1) is 11.6 Å². The van der Waals surface area contributed by atoms with Crippen LogP contribution in [0.2, 0.25) is 0 Å². The van der Waals surface area contributed by atoms with E-state index in [-0.39, 0.29) is 12.4 Å². The molecule has 27 heavy (non-hydrogen) atoms. The van der Waals surface area contributed by atoms with Crippen LogP contribution in [0.25, 0.3) is 28.2 Å². The standard InChI is InChI=1S/C21H15F2N3O/c22-16-7-5-14(6-8-16)20-10-9-17(12-24-20)26-21(15(13-27)11-25-26)18-3-1-2-4-19(18)23/h1-12,27H,13H2. The third-order valence-electron chi connectivity index (χ3n) is 4.28. The summed E-state index contributed by atoms with van der Waals surface area (Å²) in [6.07, 6.45) is 3.12. The third-order valence-corrected chi connectivity index (χ3v) is 4.28. The van der Waals surface area contributed by atoms with Crippen LogP contribution >= 0.6 is 0 Å². The molecule has 0 aliphatic heterocycles. The molecule has 0 fully saturated rings. The number of halogens is 2. The largest absolute Gasteiger partial charge is 0.392 e. The fourth-order valence-electron chi connectivity index (χ4n) is 2.94.